The summed E-state index contributed by atoms with van der Waals surface area (Å²) < 4.78 is 4.67. The number of nitrogens with two attached hydrogens (primary N) is 1. The molecule has 0 aliphatic heterocycles. The predicted molar refractivity (Wildman–Crippen MR) is 54.7 cm³/mol. The van der Waals surface area contributed by atoms with Crippen molar-refractivity contribution in [3.63, 3.8) is 0 Å². The standard InChI is InChI=1S/C10H18N2O2/c1-6-4-7(10(13)14-3)5-8(11)9(6)12-2/h4,6,8-9,12H,5,11H2,1-3H3. The van der Waals surface area contributed by atoms with Crippen LogP contribution in [0.4, 0.5) is 0 Å². The summed E-state index contributed by atoms with van der Waals surface area (Å²) in [5.74, 6) is -0.000275. The predicted octanol–water partition coefficient (Wildman–Crippen LogP) is 0.0409. The summed E-state index contributed by atoms with van der Waals surface area (Å²) in [6, 6.07) is 0.220. The number of nitrogens with one attached hydrogen (secondary N) is 1. The Hall–Kier alpha value is -0.870. The molecule has 0 spiro atoms. The van der Waals surface area contributed by atoms with E-state index in [2.05, 4.69) is 10.1 Å². The number of hydrogen-bond donors (Lipinski definition) is 2. The molecule has 3 atom stereocenters. The second-order valence-corrected chi connectivity index (χ2v) is 3.73. The second kappa shape index (κ2) is 4.57. The largest absolute Gasteiger partial charge is 0.466 e. The molecule has 0 bridgehead atoms. The summed E-state index contributed by atoms with van der Waals surface area (Å²) in [4.78, 5) is 11.3. The van der Waals surface area contributed by atoms with E-state index >= 15 is 0 Å². The highest BCUT2D eigenvalue weighted by Crippen LogP contribution is 2.22. The van der Waals surface area contributed by atoms with Crippen LogP contribution < -0.4 is 11.1 Å². The van der Waals surface area contributed by atoms with Gasteiger partial charge < -0.3 is 15.8 Å². The quantitative estimate of drug-likeness (QED) is 0.615. The Morgan fingerprint density at radius 3 is 2.79 bits per heavy atom. The minimum atomic E-state index is -0.262. The fourth-order valence-corrected chi connectivity index (χ4v) is 2.02. The molecule has 0 aromatic carbocycles. The zero-order chi connectivity index (χ0) is 10.7. The summed E-state index contributed by atoms with van der Waals surface area (Å²) in [5, 5.41) is 3.16. The molecule has 3 unspecified atom stereocenters. The molecule has 14 heavy (non-hydrogen) atoms. The van der Waals surface area contributed by atoms with Gasteiger partial charge in [-0.3, -0.25) is 0 Å². The molecule has 0 amide bonds. The van der Waals surface area contributed by atoms with E-state index in [4.69, 9.17) is 5.73 Å². The summed E-state index contributed by atoms with van der Waals surface area (Å²) in [5.41, 5.74) is 6.65. The number of carbonyl (C=O) groups is 1. The van der Waals surface area contributed by atoms with E-state index < -0.39 is 0 Å². The number of hydrogen-bond acceptors (Lipinski definition) is 4. The molecule has 0 aromatic heterocycles. The number of methoxy groups -OCH3 is 1. The van der Waals surface area contributed by atoms with Crippen LogP contribution in [0, 0.1) is 5.92 Å². The summed E-state index contributed by atoms with van der Waals surface area (Å²) in [6.45, 7) is 2.04. The number of rotatable bonds is 2. The van der Waals surface area contributed by atoms with Crippen molar-refractivity contribution in [2.45, 2.75) is 25.4 Å². The highest BCUT2D eigenvalue weighted by Gasteiger charge is 2.29. The van der Waals surface area contributed by atoms with Crippen LogP contribution in [0.2, 0.25) is 0 Å². The number of likely N-dealkylation sites (N-methyl/N-ethyl adjacent to an activating group) is 1. The van der Waals surface area contributed by atoms with Gasteiger partial charge in [0.1, 0.15) is 0 Å². The van der Waals surface area contributed by atoms with E-state index in [1.807, 2.05) is 20.0 Å². The van der Waals surface area contributed by atoms with Gasteiger partial charge in [0.25, 0.3) is 0 Å². The van der Waals surface area contributed by atoms with Crippen molar-refractivity contribution < 1.29 is 9.53 Å². The van der Waals surface area contributed by atoms with Gasteiger partial charge in [-0.15, -0.1) is 0 Å². The molecular formula is C10H18N2O2. The van der Waals surface area contributed by atoms with E-state index in [0.29, 0.717) is 12.0 Å². The Bertz CT molecular complexity index is 251. The van der Waals surface area contributed by atoms with E-state index in [1.54, 1.807) is 0 Å². The highest BCUT2D eigenvalue weighted by atomic mass is 16.5. The topological polar surface area (TPSA) is 64.3 Å². The van der Waals surface area contributed by atoms with Crippen molar-refractivity contribution in [3.05, 3.63) is 11.6 Å². The fourth-order valence-electron chi connectivity index (χ4n) is 2.02. The maximum absolute atomic E-state index is 11.3. The lowest BCUT2D eigenvalue weighted by atomic mass is 9.84. The average Bonchev–Trinajstić information content (AvgIpc) is 2.16. The molecule has 0 saturated heterocycles. The first-order chi connectivity index (χ1) is 6.60. The third kappa shape index (κ3) is 2.13. The van der Waals surface area contributed by atoms with Crippen LogP contribution in [0.5, 0.6) is 0 Å². The number of esters is 1. The van der Waals surface area contributed by atoms with Crippen LogP contribution >= 0.6 is 0 Å². The summed E-state index contributed by atoms with van der Waals surface area (Å²) >= 11 is 0. The van der Waals surface area contributed by atoms with Gasteiger partial charge >= 0.3 is 5.97 Å². The minimum Gasteiger partial charge on any atom is -0.466 e. The van der Waals surface area contributed by atoms with Gasteiger partial charge in [0.15, 0.2) is 0 Å². The Labute approximate surface area is 84.5 Å². The molecule has 0 fully saturated rings. The van der Waals surface area contributed by atoms with Gasteiger partial charge in [0.2, 0.25) is 0 Å². The third-order valence-corrected chi connectivity index (χ3v) is 2.73. The Morgan fingerprint density at radius 1 is 1.71 bits per heavy atom. The van der Waals surface area contributed by atoms with Crippen molar-refractivity contribution in [2.24, 2.45) is 11.7 Å². The van der Waals surface area contributed by atoms with Crippen LogP contribution in [0.15, 0.2) is 11.6 Å². The number of ether oxygens (including phenoxy) is 1. The van der Waals surface area contributed by atoms with Crippen molar-refractivity contribution >= 4 is 5.97 Å². The van der Waals surface area contributed by atoms with Gasteiger partial charge in [0.05, 0.1) is 7.11 Å². The van der Waals surface area contributed by atoms with Crippen molar-refractivity contribution in [1.29, 1.82) is 0 Å². The average molecular weight is 198 g/mol. The number of carbonyl (C=O) groups excluding carboxylic acids is 1. The Balaban J connectivity index is 2.79. The molecule has 0 saturated carbocycles. The lowest BCUT2D eigenvalue weighted by Crippen LogP contribution is -2.50. The molecule has 4 heteroatoms. The zero-order valence-electron chi connectivity index (χ0n) is 8.91. The van der Waals surface area contributed by atoms with Crippen LogP contribution in [0.25, 0.3) is 0 Å². The lowest BCUT2D eigenvalue weighted by molar-refractivity contribution is -0.136. The molecule has 1 aliphatic rings. The first-order valence-electron chi connectivity index (χ1n) is 4.82. The SMILES string of the molecule is CNC1C(C)C=C(C(=O)OC)CC1N. The molecule has 1 rings (SSSR count). The third-order valence-electron chi connectivity index (χ3n) is 2.73. The van der Waals surface area contributed by atoms with Gasteiger partial charge in [-0.2, -0.15) is 0 Å². The van der Waals surface area contributed by atoms with E-state index in [0.717, 1.165) is 0 Å². The van der Waals surface area contributed by atoms with Gasteiger partial charge in [0, 0.05) is 17.7 Å². The summed E-state index contributed by atoms with van der Waals surface area (Å²) in [6.07, 6.45) is 2.53. The van der Waals surface area contributed by atoms with Crippen LogP contribution in [-0.4, -0.2) is 32.2 Å². The maximum Gasteiger partial charge on any atom is 0.333 e. The molecule has 0 aromatic rings. The van der Waals surface area contributed by atoms with E-state index in [9.17, 15) is 4.79 Å². The molecule has 0 heterocycles. The smallest absolute Gasteiger partial charge is 0.333 e. The molecule has 0 radical (unpaired) electrons. The van der Waals surface area contributed by atoms with E-state index in [-0.39, 0.29) is 24.0 Å². The molecule has 1 aliphatic carbocycles. The fraction of sp³-hybridized carbons (Fsp3) is 0.700. The monoisotopic (exact) mass is 198 g/mol. The van der Waals surface area contributed by atoms with Crippen LogP contribution in [-0.2, 0) is 9.53 Å². The Morgan fingerprint density at radius 2 is 2.36 bits per heavy atom. The Kier molecular flexibility index (Phi) is 3.66. The molecule has 3 N–H and O–H groups in total. The van der Waals surface area contributed by atoms with Crippen molar-refractivity contribution in [2.75, 3.05) is 14.2 Å². The highest BCUT2D eigenvalue weighted by molar-refractivity contribution is 5.88. The molecular weight excluding hydrogens is 180 g/mol. The summed E-state index contributed by atoms with van der Waals surface area (Å²) in [7, 11) is 3.28. The van der Waals surface area contributed by atoms with Gasteiger partial charge in [-0.1, -0.05) is 13.0 Å². The first-order valence-corrected chi connectivity index (χ1v) is 4.82. The maximum atomic E-state index is 11.3. The second-order valence-electron chi connectivity index (χ2n) is 3.73. The van der Waals surface area contributed by atoms with Crippen LogP contribution in [0.3, 0.4) is 0 Å². The van der Waals surface area contributed by atoms with Crippen LogP contribution in [0.1, 0.15) is 13.3 Å². The van der Waals surface area contributed by atoms with Crippen molar-refractivity contribution in [1.82, 2.24) is 5.32 Å². The molecule has 4 nitrogen and oxygen atoms in total. The zero-order valence-corrected chi connectivity index (χ0v) is 8.91. The normalized spacial score (nSPS) is 32.3. The molecule has 80 valence electrons. The van der Waals surface area contributed by atoms with Gasteiger partial charge in [-0.25, -0.2) is 4.79 Å². The minimum absolute atomic E-state index is 0.0194. The van der Waals surface area contributed by atoms with E-state index in [1.165, 1.54) is 7.11 Å². The first kappa shape index (κ1) is 11.2. The van der Waals surface area contributed by atoms with Gasteiger partial charge in [-0.05, 0) is 19.4 Å². The lowest BCUT2D eigenvalue weighted by Gasteiger charge is -2.32. The van der Waals surface area contributed by atoms with Crippen molar-refractivity contribution in [3.8, 4) is 0 Å².